The lowest BCUT2D eigenvalue weighted by molar-refractivity contribution is -0.294. The van der Waals surface area contributed by atoms with E-state index >= 15 is 0 Å². The second-order valence-electron chi connectivity index (χ2n) is 12.5. The summed E-state index contributed by atoms with van der Waals surface area (Å²) in [6.45, 7) is -1.29. The van der Waals surface area contributed by atoms with Crippen LogP contribution in [0.5, 0.6) is 28.7 Å². The zero-order valence-electron chi connectivity index (χ0n) is 27.6. The van der Waals surface area contributed by atoms with Gasteiger partial charge in [-0.2, -0.15) is 0 Å². The Morgan fingerprint density at radius 2 is 1.28 bits per heavy atom. The molecule has 284 valence electrons. The molecule has 0 saturated carbocycles. The molecule has 11 atom stereocenters. The van der Waals surface area contributed by atoms with Crippen molar-refractivity contribution in [3.05, 3.63) is 89.2 Å². The molecule has 0 aliphatic carbocycles. The minimum Gasteiger partial charge on any atom is -0.508 e. The van der Waals surface area contributed by atoms with Crippen LogP contribution in [0.15, 0.2) is 72.5 Å². The third-order valence-electron chi connectivity index (χ3n) is 8.78. The first-order valence-electron chi connectivity index (χ1n) is 16.3. The van der Waals surface area contributed by atoms with Gasteiger partial charge in [-0.05, 0) is 42.0 Å². The molecule has 2 saturated heterocycles. The van der Waals surface area contributed by atoms with Crippen molar-refractivity contribution >= 4 is 18.1 Å². The van der Waals surface area contributed by atoms with E-state index < -0.39 is 86.7 Å². The molecule has 2 fully saturated rings. The van der Waals surface area contributed by atoms with E-state index in [1.807, 2.05) is 0 Å². The number of carbonyl (C=O) groups is 1. The number of benzene rings is 3. The van der Waals surface area contributed by atoms with Gasteiger partial charge in [0, 0.05) is 23.8 Å². The van der Waals surface area contributed by atoms with Gasteiger partial charge < -0.3 is 79.5 Å². The van der Waals surface area contributed by atoms with Crippen LogP contribution in [0.3, 0.4) is 0 Å². The molecule has 17 heteroatoms. The molecule has 0 amide bonds. The van der Waals surface area contributed by atoms with Crippen LogP contribution in [0.25, 0.3) is 12.2 Å². The average molecular weight is 743 g/mol. The predicted octanol–water partition coefficient (Wildman–Crippen LogP) is -0.463. The monoisotopic (exact) mass is 742 g/mol. The molecule has 3 aromatic carbocycles. The van der Waals surface area contributed by atoms with Crippen LogP contribution < -0.4 is 9.47 Å². The molecule has 0 spiro atoms. The first kappa shape index (κ1) is 37.8. The van der Waals surface area contributed by atoms with Crippen molar-refractivity contribution in [1.29, 1.82) is 0 Å². The Hall–Kier alpha value is -4.95. The van der Waals surface area contributed by atoms with Gasteiger partial charge in [0.1, 0.15) is 89.9 Å². The lowest BCUT2D eigenvalue weighted by Crippen LogP contribution is -2.60. The van der Waals surface area contributed by atoms with Crippen LogP contribution in [0, 0.1) is 0 Å². The molecule has 53 heavy (non-hydrogen) atoms. The lowest BCUT2D eigenvalue weighted by atomic mass is 9.98. The van der Waals surface area contributed by atoms with Gasteiger partial charge in [-0.15, -0.1) is 0 Å². The Balaban J connectivity index is 1.26. The number of phenolic OH excluding ortho intramolecular Hbond substituents is 3. The SMILES string of the molecule is O=C(/C=C\c1ccc(O)cc1)OC[C@@H]1O[C@@H](OC2=Cc3c(cc(O)cc3O[C@@H]3O[C@H](CO)[C@@H](O)[C@H](O)[C@@H]3O)OC2c2ccc(O)cc2)[C@H](O)[C@@H](O)[C@@H]1O. The van der Waals surface area contributed by atoms with Gasteiger partial charge in [-0.25, -0.2) is 4.79 Å². The number of rotatable bonds is 10. The average Bonchev–Trinajstić information content (AvgIpc) is 3.14. The first-order chi connectivity index (χ1) is 25.3. The molecule has 17 nitrogen and oxygen atoms in total. The fraction of sp³-hybridized carbons (Fsp3) is 0.361. The van der Waals surface area contributed by atoms with Crippen molar-refractivity contribution in [1.82, 2.24) is 0 Å². The van der Waals surface area contributed by atoms with E-state index in [1.54, 1.807) is 12.1 Å². The Bertz CT molecular complexity index is 1790. The summed E-state index contributed by atoms with van der Waals surface area (Å²) in [5.41, 5.74) is 1.07. The number of aliphatic hydroxyl groups is 7. The van der Waals surface area contributed by atoms with Crippen molar-refractivity contribution in [2.75, 3.05) is 13.2 Å². The highest BCUT2D eigenvalue weighted by Crippen LogP contribution is 2.46. The third kappa shape index (κ3) is 8.33. The molecular formula is C36H38O17. The molecule has 3 aliphatic heterocycles. The van der Waals surface area contributed by atoms with E-state index in [1.165, 1.54) is 54.6 Å². The number of fused-ring (bicyclic) bond motifs is 1. The Labute approximate surface area is 301 Å². The van der Waals surface area contributed by atoms with Crippen molar-refractivity contribution in [2.24, 2.45) is 0 Å². The number of esters is 1. The molecule has 0 radical (unpaired) electrons. The number of hydrogen-bond acceptors (Lipinski definition) is 17. The fourth-order valence-corrected chi connectivity index (χ4v) is 5.84. The molecule has 3 heterocycles. The van der Waals surface area contributed by atoms with Crippen LogP contribution in [0.2, 0.25) is 0 Å². The number of aliphatic hydroxyl groups excluding tert-OH is 7. The molecule has 0 aromatic heterocycles. The van der Waals surface area contributed by atoms with Crippen molar-refractivity contribution in [2.45, 2.75) is 67.5 Å². The zero-order chi connectivity index (χ0) is 38.0. The van der Waals surface area contributed by atoms with E-state index in [4.69, 9.17) is 28.4 Å². The van der Waals surface area contributed by atoms with Crippen LogP contribution in [0.1, 0.15) is 22.8 Å². The standard InChI is InChI=1S/C36H38O17/c37-14-25-28(42)30(44)32(46)35(52-25)50-23-12-20(40)11-22-21(23)13-24(34(49-22)17-4-8-19(39)9-5-17)51-36-33(47)31(45)29(43)26(53-36)15-48-27(41)10-3-16-1-6-18(38)7-2-16/h1-13,25-26,28-40,42-47H,14-15H2/b10-3-/t25-,26+,28-,29-,30+,31+,32+,33-,34?,35-,36-/m1/s1. The Morgan fingerprint density at radius 1 is 0.698 bits per heavy atom. The molecule has 3 aliphatic rings. The summed E-state index contributed by atoms with van der Waals surface area (Å²) in [7, 11) is 0. The summed E-state index contributed by atoms with van der Waals surface area (Å²) in [6, 6.07) is 14.1. The Morgan fingerprint density at radius 3 is 1.92 bits per heavy atom. The summed E-state index contributed by atoms with van der Waals surface area (Å²) < 4.78 is 34.6. The van der Waals surface area contributed by atoms with Gasteiger partial charge in [0.25, 0.3) is 0 Å². The van der Waals surface area contributed by atoms with Crippen LogP contribution in [0.4, 0.5) is 0 Å². The number of carbonyl (C=O) groups excluding carboxylic acids is 1. The van der Waals surface area contributed by atoms with Crippen molar-refractivity contribution < 1.29 is 84.3 Å². The van der Waals surface area contributed by atoms with Gasteiger partial charge in [0.2, 0.25) is 12.6 Å². The van der Waals surface area contributed by atoms with Gasteiger partial charge in [0.05, 0.1) is 12.2 Å². The quantitative estimate of drug-likeness (QED) is 0.0929. The topological polar surface area (TPSA) is 275 Å². The van der Waals surface area contributed by atoms with Crippen LogP contribution in [-0.2, 0) is 23.7 Å². The predicted molar refractivity (Wildman–Crippen MR) is 178 cm³/mol. The van der Waals surface area contributed by atoms with Crippen molar-refractivity contribution in [3.8, 4) is 28.7 Å². The second kappa shape index (κ2) is 16.0. The maximum atomic E-state index is 12.4. The fourth-order valence-electron chi connectivity index (χ4n) is 5.84. The largest absolute Gasteiger partial charge is 0.508 e. The third-order valence-corrected chi connectivity index (χ3v) is 8.78. The number of aromatic hydroxyl groups is 3. The summed E-state index contributed by atoms with van der Waals surface area (Å²) in [4.78, 5) is 12.4. The summed E-state index contributed by atoms with van der Waals surface area (Å²) in [5.74, 6) is -1.46. The highest BCUT2D eigenvalue weighted by atomic mass is 16.7. The zero-order valence-corrected chi connectivity index (χ0v) is 27.6. The smallest absolute Gasteiger partial charge is 0.330 e. The molecule has 3 aromatic rings. The maximum absolute atomic E-state index is 12.4. The number of phenols is 3. The van der Waals surface area contributed by atoms with Crippen molar-refractivity contribution in [3.63, 3.8) is 0 Å². The van der Waals surface area contributed by atoms with Gasteiger partial charge in [0.15, 0.2) is 6.10 Å². The minimum atomic E-state index is -1.85. The lowest BCUT2D eigenvalue weighted by Gasteiger charge is -2.41. The van der Waals surface area contributed by atoms with Crippen LogP contribution >= 0.6 is 0 Å². The highest BCUT2D eigenvalue weighted by Gasteiger charge is 2.47. The highest BCUT2D eigenvalue weighted by molar-refractivity contribution is 5.87. The molecule has 6 rings (SSSR count). The van der Waals surface area contributed by atoms with E-state index in [2.05, 4.69) is 0 Å². The Kier molecular flexibility index (Phi) is 11.4. The first-order valence-corrected chi connectivity index (χ1v) is 16.3. The number of ether oxygens (including phenoxy) is 6. The van der Waals surface area contributed by atoms with E-state index in [9.17, 15) is 55.9 Å². The number of hydrogen-bond donors (Lipinski definition) is 10. The van der Waals surface area contributed by atoms with Gasteiger partial charge in [-0.1, -0.05) is 24.3 Å². The van der Waals surface area contributed by atoms with Crippen LogP contribution in [-0.4, -0.2) is 132 Å². The summed E-state index contributed by atoms with van der Waals surface area (Å²) in [6.07, 6.45) is -13.9. The van der Waals surface area contributed by atoms with Gasteiger partial charge in [-0.3, -0.25) is 0 Å². The molecular weight excluding hydrogens is 704 g/mol. The maximum Gasteiger partial charge on any atom is 0.330 e. The van der Waals surface area contributed by atoms with Gasteiger partial charge >= 0.3 is 5.97 Å². The molecule has 1 unspecified atom stereocenters. The van der Waals surface area contributed by atoms with E-state index in [0.717, 1.165) is 12.1 Å². The minimum absolute atomic E-state index is 0.0146. The summed E-state index contributed by atoms with van der Waals surface area (Å²) in [5, 5.41) is 103. The summed E-state index contributed by atoms with van der Waals surface area (Å²) >= 11 is 0. The van der Waals surface area contributed by atoms with E-state index in [-0.39, 0.29) is 40.1 Å². The normalized spacial score (nSPS) is 31.2. The molecule has 0 bridgehead atoms. The molecule has 10 N–H and O–H groups in total. The van der Waals surface area contributed by atoms with E-state index in [0.29, 0.717) is 11.1 Å². The second-order valence-corrected chi connectivity index (χ2v) is 12.5.